The highest BCUT2D eigenvalue weighted by Crippen LogP contribution is 2.18. The Morgan fingerprint density at radius 3 is 2.68 bits per heavy atom. The molecule has 0 saturated carbocycles. The topological polar surface area (TPSA) is 62.2 Å². The maximum absolute atomic E-state index is 11.3. The predicted octanol–water partition coefficient (Wildman–Crippen LogP) is 3.34. The Hall–Kier alpha value is -2.20. The summed E-state index contributed by atoms with van der Waals surface area (Å²) in [5.41, 5.74) is 3.01. The summed E-state index contributed by atoms with van der Waals surface area (Å²) >= 11 is 0. The Labute approximate surface area is 131 Å². The minimum absolute atomic E-state index is 0.341. The molecule has 1 aromatic carbocycles. The molecular formula is C18H22N2O2. The number of carbonyl (C=O) groups is 1. The van der Waals surface area contributed by atoms with Crippen LogP contribution in [0.5, 0.6) is 0 Å². The number of carboxylic acid groups (broad SMARTS) is 1. The van der Waals surface area contributed by atoms with Gasteiger partial charge in [-0.3, -0.25) is 9.78 Å². The molecule has 0 bridgehead atoms. The summed E-state index contributed by atoms with van der Waals surface area (Å²) in [6.45, 7) is 4.59. The lowest BCUT2D eigenvalue weighted by Crippen LogP contribution is -2.37. The first-order valence-electron chi connectivity index (χ1n) is 7.53. The Morgan fingerprint density at radius 1 is 1.23 bits per heavy atom. The van der Waals surface area contributed by atoms with Gasteiger partial charge in [0.25, 0.3) is 0 Å². The molecule has 2 N–H and O–H groups in total. The zero-order valence-electron chi connectivity index (χ0n) is 13.0. The quantitative estimate of drug-likeness (QED) is 0.823. The van der Waals surface area contributed by atoms with Gasteiger partial charge < -0.3 is 10.4 Å². The standard InChI is InChI=1S/C18H22N2O2/c1-13(2)10-17(18(21)22)20-12-14-6-5-7-15(11-14)16-8-3-4-9-19-16/h3-9,11,13,17,20H,10,12H2,1-2H3,(H,21,22)/t17-/m0/s1. The van der Waals surface area contributed by atoms with Gasteiger partial charge in [0.05, 0.1) is 5.69 Å². The van der Waals surface area contributed by atoms with E-state index in [1.165, 1.54) is 0 Å². The maximum Gasteiger partial charge on any atom is 0.320 e. The van der Waals surface area contributed by atoms with Crippen LogP contribution in [0.1, 0.15) is 25.8 Å². The fourth-order valence-electron chi connectivity index (χ4n) is 2.36. The molecule has 116 valence electrons. The van der Waals surface area contributed by atoms with Gasteiger partial charge in [-0.05, 0) is 36.1 Å². The van der Waals surface area contributed by atoms with Gasteiger partial charge in [-0.25, -0.2) is 0 Å². The van der Waals surface area contributed by atoms with Crippen LogP contribution in [0.15, 0.2) is 48.7 Å². The first kappa shape index (κ1) is 16.2. The number of carboxylic acids is 1. The van der Waals surface area contributed by atoms with Gasteiger partial charge in [-0.2, -0.15) is 0 Å². The van der Waals surface area contributed by atoms with Crippen molar-refractivity contribution in [2.75, 3.05) is 0 Å². The summed E-state index contributed by atoms with van der Waals surface area (Å²) in [7, 11) is 0. The number of rotatable bonds is 7. The summed E-state index contributed by atoms with van der Waals surface area (Å²) in [5, 5.41) is 12.4. The lowest BCUT2D eigenvalue weighted by Gasteiger charge is -2.16. The van der Waals surface area contributed by atoms with Crippen molar-refractivity contribution in [3.63, 3.8) is 0 Å². The fourth-order valence-corrected chi connectivity index (χ4v) is 2.36. The monoisotopic (exact) mass is 298 g/mol. The second-order valence-corrected chi connectivity index (χ2v) is 5.82. The first-order chi connectivity index (χ1) is 10.6. The molecule has 0 unspecified atom stereocenters. The lowest BCUT2D eigenvalue weighted by molar-refractivity contribution is -0.140. The molecule has 0 radical (unpaired) electrons. The number of aliphatic carboxylic acids is 1. The molecule has 2 rings (SSSR count). The predicted molar refractivity (Wildman–Crippen MR) is 87.4 cm³/mol. The highest BCUT2D eigenvalue weighted by Gasteiger charge is 2.17. The van der Waals surface area contributed by atoms with Crippen molar-refractivity contribution in [2.24, 2.45) is 5.92 Å². The second kappa shape index (κ2) is 7.71. The average molecular weight is 298 g/mol. The van der Waals surface area contributed by atoms with E-state index in [2.05, 4.69) is 10.3 Å². The van der Waals surface area contributed by atoms with Crippen LogP contribution in [0.25, 0.3) is 11.3 Å². The zero-order valence-corrected chi connectivity index (χ0v) is 13.0. The molecule has 0 aliphatic carbocycles. The summed E-state index contributed by atoms with van der Waals surface area (Å²) in [6, 6.07) is 13.3. The van der Waals surface area contributed by atoms with Crippen LogP contribution >= 0.6 is 0 Å². The van der Waals surface area contributed by atoms with E-state index in [1.807, 2.05) is 56.3 Å². The minimum Gasteiger partial charge on any atom is -0.480 e. The Morgan fingerprint density at radius 2 is 2.05 bits per heavy atom. The van der Waals surface area contributed by atoms with Crippen molar-refractivity contribution in [2.45, 2.75) is 32.9 Å². The van der Waals surface area contributed by atoms with E-state index in [0.717, 1.165) is 16.8 Å². The molecule has 0 aliphatic rings. The molecule has 1 aromatic heterocycles. The van der Waals surface area contributed by atoms with Crippen molar-refractivity contribution in [1.29, 1.82) is 0 Å². The molecule has 4 heteroatoms. The summed E-state index contributed by atoms with van der Waals surface area (Å²) in [4.78, 5) is 15.6. The first-order valence-corrected chi connectivity index (χ1v) is 7.53. The minimum atomic E-state index is -0.797. The normalized spacial score (nSPS) is 12.3. The van der Waals surface area contributed by atoms with Crippen molar-refractivity contribution in [3.05, 3.63) is 54.2 Å². The van der Waals surface area contributed by atoms with E-state index in [4.69, 9.17) is 0 Å². The molecule has 0 saturated heterocycles. The van der Waals surface area contributed by atoms with Crippen molar-refractivity contribution < 1.29 is 9.90 Å². The van der Waals surface area contributed by atoms with Gasteiger partial charge in [-0.1, -0.05) is 38.1 Å². The Balaban J connectivity index is 2.06. The molecule has 1 heterocycles. The van der Waals surface area contributed by atoms with E-state index in [9.17, 15) is 9.90 Å². The lowest BCUT2D eigenvalue weighted by atomic mass is 10.0. The molecule has 2 aromatic rings. The van der Waals surface area contributed by atoms with Crippen molar-refractivity contribution >= 4 is 5.97 Å². The number of nitrogens with one attached hydrogen (secondary N) is 1. The highest BCUT2D eigenvalue weighted by atomic mass is 16.4. The molecule has 1 atom stereocenters. The van der Waals surface area contributed by atoms with Crippen LogP contribution in [0.2, 0.25) is 0 Å². The summed E-state index contributed by atoms with van der Waals surface area (Å²) < 4.78 is 0. The maximum atomic E-state index is 11.3. The molecule has 0 spiro atoms. The molecule has 0 fully saturated rings. The second-order valence-electron chi connectivity index (χ2n) is 5.82. The van der Waals surface area contributed by atoms with Crippen LogP contribution in [-0.2, 0) is 11.3 Å². The summed E-state index contributed by atoms with van der Waals surface area (Å²) in [6.07, 6.45) is 2.39. The average Bonchev–Trinajstić information content (AvgIpc) is 2.52. The SMILES string of the molecule is CC(C)C[C@H](NCc1cccc(-c2ccccn2)c1)C(=O)O. The zero-order chi connectivity index (χ0) is 15.9. The Kier molecular flexibility index (Phi) is 5.67. The van der Waals surface area contributed by atoms with Crippen molar-refractivity contribution in [3.8, 4) is 11.3 Å². The number of nitrogens with zero attached hydrogens (tertiary/aromatic N) is 1. The van der Waals surface area contributed by atoms with E-state index >= 15 is 0 Å². The van der Waals surface area contributed by atoms with Crippen LogP contribution in [0.4, 0.5) is 0 Å². The third-order valence-corrected chi connectivity index (χ3v) is 3.45. The number of aromatic nitrogens is 1. The summed E-state index contributed by atoms with van der Waals surface area (Å²) in [5.74, 6) is -0.456. The smallest absolute Gasteiger partial charge is 0.320 e. The largest absolute Gasteiger partial charge is 0.480 e. The molecule has 0 amide bonds. The van der Waals surface area contributed by atoms with E-state index in [1.54, 1.807) is 6.20 Å². The number of benzene rings is 1. The van der Waals surface area contributed by atoms with Gasteiger partial charge in [0.15, 0.2) is 0 Å². The van der Waals surface area contributed by atoms with Crippen LogP contribution in [-0.4, -0.2) is 22.1 Å². The number of hydrogen-bond acceptors (Lipinski definition) is 3. The number of pyridine rings is 1. The molecule has 0 aliphatic heterocycles. The van der Waals surface area contributed by atoms with Crippen LogP contribution < -0.4 is 5.32 Å². The van der Waals surface area contributed by atoms with E-state index < -0.39 is 12.0 Å². The van der Waals surface area contributed by atoms with Gasteiger partial charge in [0, 0.05) is 18.3 Å². The third kappa shape index (κ3) is 4.67. The van der Waals surface area contributed by atoms with Gasteiger partial charge >= 0.3 is 5.97 Å². The molecule has 22 heavy (non-hydrogen) atoms. The van der Waals surface area contributed by atoms with Crippen LogP contribution in [0, 0.1) is 5.92 Å². The fraction of sp³-hybridized carbons (Fsp3) is 0.333. The van der Waals surface area contributed by atoms with Gasteiger partial charge in [-0.15, -0.1) is 0 Å². The van der Waals surface area contributed by atoms with Crippen LogP contribution in [0.3, 0.4) is 0 Å². The molecular weight excluding hydrogens is 276 g/mol. The molecule has 4 nitrogen and oxygen atoms in total. The van der Waals surface area contributed by atoms with Gasteiger partial charge in [0.1, 0.15) is 6.04 Å². The Bertz CT molecular complexity index is 611. The van der Waals surface area contributed by atoms with E-state index in [-0.39, 0.29) is 0 Å². The third-order valence-electron chi connectivity index (χ3n) is 3.45. The number of hydrogen-bond donors (Lipinski definition) is 2. The van der Waals surface area contributed by atoms with Gasteiger partial charge in [0.2, 0.25) is 0 Å². The highest BCUT2D eigenvalue weighted by molar-refractivity contribution is 5.73. The van der Waals surface area contributed by atoms with E-state index in [0.29, 0.717) is 18.9 Å². The van der Waals surface area contributed by atoms with Crippen molar-refractivity contribution in [1.82, 2.24) is 10.3 Å².